The van der Waals surface area contributed by atoms with Crippen molar-refractivity contribution < 1.29 is 18.5 Å². The zero-order valence-corrected chi connectivity index (χ0v) is 17.3. The predicted molar refractivity (Wildman–Crippen MR) is 114 cm³/mol. The summed E-state index contributed by atoms with van der Waals surface area (Å²) in [7, 11) is -1.58. The Labute approximate surface area is 173 Å². The van der Waals surface area contributed by atoms with Gasteiger partial charge >= 0.3 is 0 Å². The Morgan fingerprint density at radius 2 is 1.79 bits per heavy atom. The van der Waals surface area contributed by atoms with E-state index in [1.165, 1.54) is 11.1 Å². The lowest BCUT2D eigenvalue weighted by atomic mass is 9.97. The van der Waals surface area contributed by atoms with Crippen LogP contribution in [0.3, 0.4) is 0 Å². The molecule has 1 aliphatic rings. The first-order chi connectivity index (χ1) is 14.0. The number of amides is 2. The van der Waals surface area contributed by atoms with E-state index in [9.17, 15) is 13.8 Å². The third-order valence-electron chi connectivity index (χ3n) is 4.81. The summed E-state index contributed by atoms with van der Waals surface area (Å²) < 4.78 is 17.9. The van der Waals surface area contributed by atoms with Crippen molar-refractivity contribution in [1.29, 1.82) is 0 Å². The van der Waals surface area contributed by atoms with Crippen LogP contribution >= 0.6 is 0 Å². The van der Waals surface area contributed by atoms with Crippen LogP contribution in [0.15, 0.2) is 48.5 Å². The maximum absolute atomic E-state index is 12.2. The number of nitrogens with one attached hydrogen (secondary N) is 2. The van der Waals surface area contributed by atoms with E-state index in [0.717, 1.165) is 18.4 Å². The number of rotatable bonds is 8. The maximum Gasteiger partial charge on any atom is 0.237 e. The number of anilines is 1. The average molecular weight is 415 g/mol. The van der Waals surface area contributed by atoms with E-state index >= 15 is 0 Å². The molecule has 154 valence electrons. The molecule has 0 spiro atoms. The summed E-state index contributed by atoms with van der Waals surface area (Å²) >= 11 is 0. The van der Waals surface area contributed by atoms with Gasteiger partial charge in [-0.15, -0.1) is 0 Å². The first-order valence-corrected chi connectivity index (χ1v) is 11.2. The van der Waals surface area contributed by atoms with Crippen LogP contribution in [0.25, 0.3) is 0 Å². The van der Waals surface area contributed by atoms with Gasteiger partial charge in [-0.1, -0.05) is 43.3 Å². The molecule has 0 bridgehead atoms. The van der Waals surface area contributed by atoms with Crippen LogP contribution < -0.4 is 10.6 Å². The molecule has 1 heterocycles. The van der Waals surface area contributed by atoms with Gasteiger partial charge < -0.3 is 15.4 Å². The molecule has 0 aliphatic carbocycles. The highest BCUT2D eigenvalue weighted by molar-refractivity contribution is 7.86. The fourth-order valence-corrected chi connectivity index (χ4v) is 4.13. The number of ether oxygens (including phenoxy) is 1. The van der Waals surface area contributed by atoms with Crippen LogP contribution in [0, 0.1) is 0 Å². The van der Waals surface area contributed by atoms with Crippen LogP contribution in [-0.4, -0.2) is 40.7 Å². The number of aryl methyl sites for hydroxylation is 1. The highest BCUT2D eigenvalue weighted by Gasteiger charge is 2.21. The molecule has 29 heavy (non-hydrogen) atoms. The van der Waals surface area contributed by atoms with Crippen molar-refractivity contribution in [1.82, 2.24) is 5.32 Å². The van der Waals surface area contributed by atoms with Gasteiger partial charge in [0.05, 0.1) is 6.61 Å². The van der Waals surface area contributed by atoms with Crippen LogP contribution in [-0.2, 0) is 38.0 Å². The molecule has 0 saturated carbocycles. The minimum Gasteiger partial charge on any atom is -0.371 e. The zero-order chi connectivity index (χ0) is 20.6. The SMILES string of the molecule is CCc1ccc(NC(=O)C[S@](=O)CC(=O)NC[C@H]2OCCc3ccccc32)cc1. The fraction of sp³-hybridized carbons (Fsp3) is 0.364. The van der Waals surface area contributed by atoms with Crippen LogP contribution in [0.4, 0.5) is 5.69 Å². The fourth-order valence-electron chi connectivity index (χ4n) is 3.27. The predicted octanol–water partition coefficient (Wildman–Crippen LogP) is 2.37. The first-order valence-electron chi connectivity index (χ1n) is 9.75. The van der Waals surface area contributed by atoms with Crippen molar-refractivity contribution >= 4 is 28.3 Å². The lowest BCUT2D eigenvalue weighted by molar-refractivity contribution is -0.119. The van der Waals surface area contributed by atoms with Gasteiger partial charge in [0, 0.05) is 23.0 Å². The Kier molecular flexibility index (Phi) is 7.55. The summed E-state index contributed by atoms with van der Waals surface area (Å²) in [6.45, 7) is 2.99. The molecular formula is C22H26N2O4S. The second-order valence-electron chi connectivity index (χ2n) is 6.94. The van der Waals surface area contributed by atoms with Crippen molar-refractivity contribution in [3.05, 3.63) is 65.2 Å². The molecule has 6 nitrogen and oxygen atoms in total. The Bertz CT molecular complexity index is 883. The van der Waals surface area contributed by atoms with Gasteiger partial charge in [0.25, 0.3) is 0 Å². The summed E-state index contributed by atoms with van der Waals surface area (Å²) in [6.07, 6.45) is 1.58. The smallest absolute Gasteiger partial charge is 0.237 e. The molecule has 0 radical (unpaired) electrons. The Morgan fingerprint density at radius 3 is 2.55 bits per heavy atom. The molecule has 0 unspecified atom stereocenters. The molecule has 2 atom stereocenters. The standard InChI is InChI=1S/C22H26N2O4S/c1-2-16-7-9-18(10-8-16)24-22(26)15-29(27)14-21(25)23-13-20-19-6-4-3-5-17(19)11-12-28-20/h3-10,20H,2,11-15H2,1H3,(H,23,25)(H,24,26)/t20-,29-/m1/s1. The van der Waals surface area contributed by atoms with Gasteiger partial charge in [0.1, 0.15) is 17.6 Å². The summed E-state index contributed by atoms with van der Waals surface area (Å²) in [5.41, 5.74) is 4.13. The van der Waals surface area contributed by atoms with E-state index in [1.54, 1.807) is 0 Å². The van der Waals surface area contributed by atoms with Crippen molar-refractivity contribution in [3.8, 4) is 0 Å². The first kappa shape index (κ1) is 21.2. The van der Waals surface area contributed by atoms with Crippen molar-refractivity contribution in [3.63, 3.8) is 0 Å². The van der Waals surface area contributed by atoms with Gasteiger partial charge in [-0.3, -0.25) is 13.8 Å². The van der Waals surface area contributed by atoms with Gasteiger partial charge in [-0.25, -0.2) is 0 Å². The van der Waals surface area contributed by atoms with E-state index in [2.05, 4.69) is 23.6 Å². The molecule has 0 fully saturated rings. The highest BCUT2D eigenvalue weighted by atomic mass is 32.2. The molecule has 2 aromatic carbocycles. The lowest BCUT2D eigenvalue weighted by Gasteiger charge is -2.26. The Balaban J connectivity index is 1.42. The summed E-state index contributed by atoms with van der Waals surface area (Å²) in [5.74, 6) is -1.15. The van der Waals surface area contributed by atoms with E-state index in [1.807, 2.05) is 42.5 Å². The zero-order valence-electron chi connectivity index (χ0n) is 16.5. The van der Waals surface area contributed by atoms with Crippen LogP contribution in [0.1, 0.15) is 29.7 Å². The molecule has 0 saturated heterocycles. The van der Waals surface area contributed by atoms with Crippen molar-refractivity contribution in [2.24, 2.45) is 0 Å². The molecule has 2 aromatic rings. The Hall–Kier alpha value is -2.51. The van der Waals surface area contributed by atoms with Gasteiger partial charge in [-0.05, 0) is 41.7 Å². The van der Waals surface area contributed by atoms with E-state index in [0.29, 0.717) is 18.8 Å². The second-order valence-corrected chi connectivity index (χ2v) is 8.40. The molecule has 1 aliphatic heterocycles. The molecular weight excluding hydrogens is 388 g/mol. The number of fused-ring (bicyclic) bond motifs is 1. The largest absolute Gasteiger partial charge is 0.371 e. The summed E-state index contributed by atoms with van der Waals surface area (Å²) in [6, 6.07) is 15.5. The molecule has 2 N–H and O–H groups in total. The average Bonchev–Trinajstić information content (AvgIpc) is 2.72. The normalized spacial score (nSPS) is 16.5. The summed E-state index contributed by atoms with van der Waals surface area (Å²) in [4.78, 5) is 24.2. The third kappa shape index (κ3) is 6.24. The second kappa shape index (κ2) is 10.3. The number of carbonyl (C=O) groups is 2. The molecule has 3 rings (SSSR count). The quantitative estimate of drug-likeness (QED) is 0.695. The van der Waals surface area contributed by atoms with E-state index < -0.39 is 10.8 Å². The number of hydrogen-bond donors (Lipinski definition) is 2. The molecule has 7 heteroatoms. The van der Waals surface area contributed by atoms with Gasteiger partial charge in [0.2, 0.25) is 11.8 Å². The number of carbonyl (C=O) groups excluding carboxylic acids is 2. The van der Waals surface area contributed by atoms with E-state index in [-0.39, 0.29) is 29.4 Å². The highest BCUT2D eigenvalue weighted by Crippen LogP contribution is 2.26. The van der Waals surface area contributed by atoms with E-state index in [4.69, 9.17) is 4.74 Å². The van der Waals surface area contributed by atoms with Crippen LogP contribution in [0.2, 0.25) is 0 Å². The van der Waals surface area contributed by atoms with Gasteiger partial charge in [-0.2, -0.15) is 0 Å². The molecule has 2 amide bonds. The van der Waals surface area contributed by atoms with Crippen molar-refractivity contribution in [2.45, 2.75) is 25.9 Å². The minimum atomic E-state index is -1.58. The summed E-state index contributed by atoms with van der Waals surface area (Å²) in [5, 5.41) is 5.48. The minimum absolute atomic E-state index is 0.202. The maximum atomic E-state index is 12.2. The van der Waals surface area contributed by atoms with Crippen molar-refractivity contribution in [2.75, 3.05) is 30.0 Å². The number of hydrogen-bond acceptors (Lipinski definition) is 4. The van der Waals surface area contributed by atoms with Gasteiger partial charge in [0.15, 0.2) is 0 Å². The number of benzene rings is 2. The third-order valence-corrected chi connectivity index (χ3v) is 5.98. The molecule has 0 aromatic heterocycles. The van der Waals surface area contributed by atoms with Crippen LogP contribution in [0.5, 0.6) is 0 Å². The topological polar surface area (TPSA) is 84.5 Å². The Morgan fingerprint density at radius 1 is 1.07 bits per heavy atom. The lowest BCUT2D eigenvalue weighted by Crippen LogP contribution is -2.35. The monoisotopic (exact) mass is 414 g/mol.